The van der Waals surface area contributed by atoms with Crippen LogP contribution in [0.15, 0.2) is 0 Å². The van der Waals surface area contributed by atoms with Gasteiger partial charge in [-0.15, -0.1) is 0 Å². The molecule has 1 heterocycles. The molecule has 1 aliphatic heterocycles. The van der Waals surface area contributed by atoms with Crippen LogP contribution in [-0.2, 0) is 9.53 Å². The molecule has 0 aromatic rings. The summed E-state index contributed by atoms with van der Waals surface area (Å²) in [6, 6.07) is -0.490. The molecule has 0 saturated carbocycles. The number of hydrogen-bond donors (Lipinski definition) is 1. The first-order chi connectivity index (χ1) is 9.83. The minimum Gasteiger partial charge on any atom is -0.444 e. The second-order valence-electron chi connectivity index (χ2n) is 5.92. The molecule has 21 heavy (non-hydrogen) atoms. The van der Waals surface area contributed by atoms with Gasteiger partial charge in [-0.2, -0.15) is 23.5 Å². The number of ether oxygens (including phenoxy) is 1. The van der Waals surface area contributed by atoms with Crippen molar-refractivity contribution in [3.05, 3.63) is 0 Å². The number of alkyl carbamates (subject to hydrolysis) is 1. The summed E-state index contributed by atoms with van der Waals surface area (Å²) in [6.45, 7) is 6.96. The fourth-order valence-electron chi connectivity index (χ4n) is 1.95. The van der Waals surface area contributed by atoms with Crippen molar-refractivity contribution in [2.45, 2.75) is 38.8 Å². The maximum atomic E-state index is 12.5. The van der Waals surface area contributed by atoms with Crippen LogP contribution in [0.3, 0.4) is 0 Å². The first kappa shape index (κ1) is 18.5. The van der Waals surface area contributed by atoms with Crippen LogP contribution < -0.4 is 5.32 Å². The number of nitrogens with one attached hydrogen (secondary N) is 1. The Morgan fingerprint density at radius 3 is 2.48 bits per heavy atom. The SMILES string of the molecule is CSCCC(NC(=O)OC(C)(C)C)C(=O)N1CCSCC1. The lowest BCUT2D eigenvalue weighted by atomic mass is 10.2. The summed E-state index contributed by atoms with van der Waals surface area (Å²) in [4.78, 5) is 26.3. The monoisotopic (exact) mass is 334 g/mol. The van der Waals surface area contributed by atoms with Crippen LogP contribution in [0.25, 0.3) is 0 Å². The zero-order chi connectivity index (χ0) is 15.9. The average Bonchev–Trinajstić information content (AvgIpc) is 2.41. The Kier molecular flexibility index (Phi) is 7.73. The van der Waals surface area contributed by atoms with E-state index in [2.05, 4.69) is 5.32 Å². The molecule has 0 aromatic carbocycles. The molecule has 1 saturated heterocycles. The van der Waals surface area contributed by atoms with Gasteiger partial charge in [0.15, 0.2) is 0 Å². The second kappa shape index (κ2) is 8.78. The minimum atomic E-state index is -0.557. The quantitative estimate of drug-likeness (QED) is 0.835. The van der Waals surface area contributed by atoms with Crippen molar-refractivity contribution >= 4 is 35.5 Å². The van der Waals surface area contributed by atoms with E-state index >= 15 is 0 Å². The van der Waals surface area contributed by atoms with E-state index in [-0.39, 0.29) is 5.91 Å². The van der Waals surface area contributed by atoms with E-state index in [4.69, 9.17) is 4.74 Å². The van der Waals surface area contributed by atoms with Crippen molar-refractivity contribution in [1.82, 2.24) is 10.2 Å². The fraction of sp³-hybridized carbons (Fsp3) is 0.857. The minimum absolute atomic E-state index is 0.00945. The number of carbonyl (C=O) groups is 2. The summed E-state index contributed by atoms with van der Waals surface area (Å²) < 4.78 is 5.25. The van der Waals surface area contributed by atoms with Crippen molar-refractivity contribution in [2.75, 3.05) is 36.6 Å². The van der Waals surface area contributed by atoms with Crippen LogP contribution in [0.5, 0.6) is 0 Å². The summed E-state index contributed by atoms with van der Waals surface area (Å²) in [5.41, 5.74) is -0.557. The Balaban J connectivity index is 2.61. The first-order valence-corrected chi connectivity index (χ1v) is 9.73. The molecule has 0 radical (unpaired) electrons. The van der Waals surface area contributed by atoms with Crippen LogP contribution in [0, 0.1) is 0 Å². The molecule has 122 valence electrons. The van der Waals surface area contributed by atoms with Gasteiger partial charge in [0.25, 0.3) is 0 Å². The van der Waals surface area contributed by atoms with Crippen molar-refractivity contribution in [1.29, 1.82) is 0 Å². The van der Waals surface area contributed by atoms with E-state index in [0.717, 1.165) is 30.3 Å². The molecule has 0 aromatic heterocycles. The van der Waals surface area contributed by atoms with E-state index in [0.29, 0.717) is 6.42 Å². The highest BCUT2D eigenvalue weighted by Crippen LogP contribution is 2.13. The van der Waals surface area contributed by atoms with Gasteiger partial charge in [-0.05, 0) is 39.2 Å². The number of hydrogen-bond acceptors (Lipinski definition) is 5. The van der Waals surface area contributed by atoms with E-state index in [9.17, 15) is 9.59 Å². The molecule has 1 unspecified atom stereocenters. The average molecular weight is 335 g/mol. The molecule has 1 N–H and O–H groups in total. The van der Waals surface area contributed by atoms with Crippen LogP contribution in [0.1, 0.15) is 27.2 Å². The lowest BCUT2D eigenvalue weighted by molar-refractivity contribution is -0.133. The van der Waals surface area contributed by atoms with Gasteiger partial charge in [0, 0.05) is 24.6 Å². The zero-order valence-corrected chi connectivity index (χ0v) is 14.9. The smallest absolute Gasteiger partial charge is 0.408 e. The summed E-state index contributed by atoms with van der Waals surface area (Å²) in [5.74, 6) is 2.77. The summed E-state index contributed by atoms with van der Waals surface area (Å²) >= 11 is 3.52. The van der Waals surface area contributed by atoms with Crippen LogP contribution in [0.4, 0.5) is 4.79 Å². The van der Waals surface area contributed by atoms with Gasteiger partial charge in [0.05, 0.1) is 0 Å². The Bertz CT molecular complexity index is 353. The molecular formula is C14H26N2O3S2. The van der Waals surface area contributed by atoms with Crippen molar-refractivity contribution < 1.29 is 14.3 Å². The number of carbonyl (C=O) groups excluding carboxylic acids is 2. The number of rotatable bonds is 5. The lowest BCUT2D eigenvalue weighted by Crippen LogP contribution is -2.51. The highest BCUT2D eigenvalue weighted by Gasteiger charge is 2.28. The summed E-state index contributed by atoms with van der Waals surface area (Å²) in [6.07, 6.45) is 2.10. The van der Waals surface area contributed by atoms with Crippen molar-refractivity contribution in [3.63, 3.8) is 0 Å². The summed E-state index contributed by atoms with van der Waals surface area (Å²) in [5, 5.41) is 2.73. The molecule has 0 aliphatic carbocycles. The van der Waals surface area contributed by atoms with Crippen LogP contribution in [0.2, 0.25) is 0 Å². The topological polar surface area (TPSA) is 58.6 Å². The Labute approximate surface area is 135 Å². The van der Waals surface area contributed by atoms with Crippen molar-refractivity contribution in [3.8, 4) is 0 Å². The van der Waals surface area contributed by atoms with Crippen LogP contribution in [-0.4, -0.2) is 65.1 Å². The first-order valence-electron chi connectivity index (χ1n) is 7.18. The number of thioether (sulfide) groups is 2. The third kappa shape index (κ3) is 7.31. The number of nitrogens with zero attached hydrogens (tertiary/aromatic N) is 1. The van der Waals surface area contributed by atoms with E-state index in [1.807, 2.05) is 43.7 Å². The van der Waals surface area contributed by atoms with Gasteiger partial charge in [-0.25, -0.2) is 4.79 Å². The van der Waals surface area contributed by atoms with Gasteiger partial charge in [0.1, 0.15) is 11.6 Å². The lowest BCUT2D eigenvalue weighted by Gasteiger charge is -2.31. The Morgan fingerprint density at radius 1 is 1.33 bits per heavy atom. The molecule has 1 fully saturated rings. The van der Waals surface area contributed by atoms with E-state index in [1.165, 1.54) is 0 Å². The van der Waals surface area contributed by atoms with Crippen LogP contribution >= 0.6 is 23.5 Å². The molecule has 2 amide bonds. The normalized spacial score (nSPS) is 17.2. The highest BCUT2D eigenvalue weighted by atomic mass is 32.2. The maximum Gasteiger partial charge on any atom is 0.408 e. The van der Waals surface area contributed by atoms with Gasteiger partial charge in [-0.3, -0.25) is 4.79 Å². The molecular weight excluding hydrogens is 308 g/mol. The maximum absolute atomic E-state index is 12.5. The molecule has 7 heteroatoms. The Hall–Kier alpha value is -0.560. The zero-order valence-electron chi connectivity index (χ0n) is 13.3. The molecule has 1 rings (SSSR count). The third-order valence-corrected chi connectivity index (χ3v) is 4.51. The van der Waals surface area contributed by atoms with Gasteiger partial charge < -0.3 is 15.0 Å². The molecule has 0 bridgehead atoms. The largest absolute Gasteiger partial charge is 0.444 e. The fourth-order valence-corrected chi connectivity index (χ4v) is 3.32. The molecule has 0 spiro atoms. The second-order valence-corrected chi connectivity index (χ2v) is 8.13. The van der Waals surface area contributed by atoms with Gasteiger partial charge in [0.2, 0.25) is 5.91 Å². The highest BCUT2D eigenvalue weighted by molar-refractivity contribution is 7.99. The Morgan fingerprint density at radius 2 is 1.95 bits per heavy atom. The molecule has 1 atom stereocenters. The van der Waals surface area contributed by atoms with Gasteiger partial charge in [-0.1, -0.05) is 0 Å². The third-order valence-electron chi connectivity index (χ3n) is 2.92. The van der Waals surface area contributed by atoms with E-state index in [1.54, 1.807) is 11.8 Å². The summed E-state index contributed by atoms with van der Waals surface area (Å²) in [7, 11) is 0. The molecule has 5 nitrogen and oxygen atoms in total. The van der Waals surface area contributed by atoms with E-state index < -0.39 is 17.7 Å². The van der Waals surface area contributed by atoms with Crippen molar-refractivity contribution in [2.24, 2.45) is 0 Å². The predicted octanol–water partition coefficient (Wildman–Crippen LogP) is 2.21. The van der Waals surface area contributed by atoms with Gasteiger partial charge >= 0.3 is 6.09 Å². The number of amides is 2. The molecule has 1 aliphatic rings. The standard InChI is InChI=1S/C14H26N2O3S2/c1-14(2,3)19-13(18)15-11(5-8-20-4)12(17)16-6-9-21-10-7-16/h11H,5-10H2,1-4H3,(H,15,18). The predicted molar refractivity (Wildman–Crippen MR) is 90.1 cm³/mol.